The van der Waals surface area contributed by atoms with Crippen molar-refractivity contribution in [3.05, 3.63) is 0 Å². The van der Waals surface area contributed by atoms with Crippen LogP contribution in [0.4, 0.5) is 0 Å². The van der Waals surface area contributed by atoms with Gasteiger partial charge in [-0.25, -0.2) is 0 Å². The number of rotatable bonds is 3. The number of carbonyl (C=O) groups is 1. The molecule has 0 saturated carbocycles. The van der Waals surface area contributed by atoms with Crippen LogP contribution in [0.15, 0.2) is 0 Å². The van der Waals surface area contributed by atoms with Gasteiger partial charge in [-0.15, -0.1) is 0 Å². The Morgan fingerprint density at radius 1 is 1.50 bits per heavy atom. The van der Waals surface area contributed by atoms with Gasteiger partial charge in [0.2, 0.25) is 0 Å². The van der Waals surface area contributed by atoms with E-state index in [1.54, 1.807) is 13.8 Å². The van der Waals surface area contributed by atoms with Crippen molar-refractivity contribution < 1.29 is 15.0 Å². The fourth-order valence-corrected chi connectivity index (χ4v) is 0.561. The first-order valence-electron chi connectivity index (χ1n) is 3.13. The Balaban J connectivity index is 3.94. The molecule has 0 fully saturated rings. The Morgan fingerprint density at radius 3 is 2.00 bits per heavy atom. The summed E-state index contributed by atoms with van der Waals surface area (Å²) >= 11 is 0. The number of aliphatic carboxylic acids is 1. The highest BCUT2D eigenvalue weighted by molar-refractivity contribution is 5.73. The van der Waals surface area contributed by atoms with Crippen molar-refractivity contribution >= 4 is 5.97 Å². The van der Waals surface area contributed by atoms with Gasteiger partial charge in [0.25, 0.3) is 0 Å². The maximum atomic E-state index is 10.2. The van der Waals surface area contributed by atoms with E-state index >= 15 is 0 Å². The van der Waals surface area contributed by atoms with E-state index in [2.05, 4.69) is 0 Å². The maximum absolute atomic E-state index is 10.2. The van der Waals surface area contributed by atoms with E-state index in [4.69, 9.17) is 15.9 Å². The lowest BCUT2D eigenvalue weighted by atomic mass is 10.0. The van der Waals surface area contributed by atoms with Crippen LogP contribution < -0.4 is 5.73 Å². The van der Waals surface area contributed by atoms with Gasteiger partial charge in [-0.2, -0.15) is 0 Å². The minimum atomic E-state index is -1.17. The normalized spacial score (nSPS) is 16.9. The molecule has 0 heterocycles. The number of aliphatic hydroxyl groups is 1. The fraction of sp³-hybridized carbons (Fsp3) is 0.833. The minimum Gasteiger partial charge on any atom is -0.480 e. The molecule has 4 heteroatoms. The molecule has 10 heavy (non-hydrogen) atoms. The highest BCUT2D eigenvalue weighted by atomic mass is 16.4. The van der Waals surface area contributed by atoms with Gasteiger partial charge in [-0.05, 0) is 5.92 Å². The third-order valence-electron chi connectivity index (χ3n) is 1.34. The molecule has 0 aliphatic rings. The van der Waals surface area contributed by atoms with Crippen LogP contribution in [0, 0.1) is 5.92 Å². The molecule has 0 rings (SSSR count). The van der Waals surface area contributed by atoms with Crippen molar-refractivity contribution in [1.29, 1.82) is 0 Å². The van der Waals surface area contributed by atoms with Crippen LogP contribution in [0.3, 0.4) is 0 Å². The second-order valence-corrected chi connectivity index (χ2v) is 2.60. The zero-order valence-electron chi connectivity index (χ0n) is 6.11. The average Bonchev–Trinajstić information content (AvgIpc) is 1.84. The van der Waals surface area contributed by atoms with E-state index in [-0.39, 0.29) is 5.92 Å². The molecule has 0 bridgehead atoms. The van der Waals surface area contributed by atoms with E-state index in [0.717, 1.165) is 0 Å². The molecule has 0 aliphatic carbocycles. The molecule has 4 N–H and O–H groups in total. The summed E-state index contributed by atoms with van der Waals surface area (Å²) in [5.74, 6) is -1.28. The Labute approximate surface area is 59.7 Å². The molecule has 2 atom stereocenters. The molecular formula is C6H13NO3. The maximum Gasteiger partial charge on any atom is 0.323 e. The summed E-state index contributed by atoms with van der Waals surface area (Å²) in [5, 5.41) is 17.4. The first-order chi connectivity index (χ1) is 4.46. The highest BCUT2D eigenvalue weighted by Gasteiger charge is 2.24. The van der Waals surface area contributed by atoms with E-state index in [0.29, 0.717) is 0 Å². The molecule has 1 unspecified atom stereocenters. The summed E-state index contributed by atoms with van der Waals surface area (Å²) in [4.78, 5) is 10.2. The zero-order chi connectivity index (χ0) is 8.31. The number of hydrogen-bond acceptors (Lipinski definition) is 3. The summed E-state index contributed by atoms with van der Waals surface area (Å²) in [6, 6.07) is -1.17. The second-order valence-electron chi connectivity index (χ2n) is 2.60. The van der Waals surface area contributed by atoms with E-state index in [9.17, 15) is 4.79 Å². The number of nitrogens with two attached hydrogens (primary N) is 1. The Kier molecular flexibility index (Phi) is 3.32. The molecule has 0 saturated heterocycles. The van der Waals surface area contributed by atoms with E-state index in [1.165, 1.54) is 0 Å². The summed E-state index contributed by atoms with van der Waals surface area (Å²) < 4.78 is 0. The topological polar surface area (TPSA) is 83.5 Å². The average molecular weight is 147 g/mol. The summed E-state index contributed by atoms with van der Waals surface area (Å²) in [6.45, 7) is 3.43. The molecule has 0 amide bonds. The Morgan fingerprint density at radius 2 is 1.90 bits per heavy atom. The standard InChI is InChI=1S/C6H13NO3/c1-3(2)5(8)4(7)6(9)10/h3-5,8H,7H2,1-2H3,(H,9,10)/t4-,5?/m1/s1. The lowest BCUT2D eigenvalue weighted by Gasteiger charge is -2.17. The first kappa shape index (κ1) is 9.39. The predicted molar refractivity (Wildman–Crippen MR) is 36.5 cm³/mol. The van der Waals surface area contributed by atoms with E-state index < -0.39 is 18.1 Å². The van der Waals surface area contributed by atoms with Crippen molar-refractivity contribution in [3.63, 3.8) is 0 Å². The molecule has 0 aromatic rings. The van der Waals surface area contributed by atoms with Gasteiger partial charge < -0.3 is 15.9 Å². The third-order valence-corrected chi connectivity index (χ3v) is 1.34. The van der Waals surface area contributed by atoms with Gasteiger partial charge in [-0.1, -0.05) is 13.8 Å². The SMILES string of the molecule is CC(C)C(O)[C@@H](N)C(=O)O. The molecule has 0 spiro atoms. The van der Waals surface area contributed by atoms with Crippen LogP contribution in [0.1, 0.15) is 13.8 Å². The molecular weight excluding hydrogens is 134 g/mol. The summed E-state index contributed by atoms with van der Waals surface area (Å²) in [5.41, 5.74) is 5.11. The largest absolute Gasteiger partial charge is 0.480 e. The monoisotopic (exact) mass is 147 g/mol. The van der Waals surface area contributed by atoms with Crippen molar-refractivity contribution in [2.75, 3.05) is 0 Å². The van der Waals surface area contributed by atoms with Crippen LogP contribution in [-0.4, -0.2) is 28.3 Å². The van der Waals surface area contributed by atoms with Crippen molar-refractivity contribution in [2.45, 2.75) is 26.0 Å². The predicted octanol–water partition coefficient (Wildman–Crippen LogP) is -0.585. The quantitative estimate of drug-likeness (QED) is 0.498. The van der Waals surface area contributed by atoms with Crippen molar-refractivity contribution in [2.24, 2.45) is 11.7 Å². The summed E-state index contributed by atoms with van der Waals surface area (Å²) in [6.07, 6.45) is -0.961. The number of aliphatic hydroxyl groups excluding tert-OH is 1. The van der Waals surface area contributed by atoms with E-state index in [1.807, 2.05) is 0 Å². The lowest BCUT2D eigenvalue weighted by molar-refractivity contribution is -0.141. The van der Waals surface area contributed by atoms with Gasteiger partial charge in [-0.3, -0.25) is 4.79 Å². The smallest absolute Gasteiger partial charge is 0.323 e. The number of carboxylic acids is 1. The number of carboxylic acid groups (broad SMARTS) is 1. The first-order valence-corrected chi connectivity index (χ1v) is 3.13. The number of hydrogen-bond donors (Lipinski definition) is 3. The second kappa shape index (κ2) is 3.53. The molecule has 0 radical (unpaired) electrons. The Bertz CT molecular complexity index is 124. The van der Waals surface area contributed by atoms with Crippen LogP contribution >= 0.6 is 0 Å². The molecule has 0 aromatic carbocycles. The summed E-state index contributed by atoms with van der Waals surface area (Å²) in [7, 11) is 0. The third kappa shape index (κ3) is 2.33. The van der Waals surface area contributed by atoms with Gasteiger partial charge in [0.1, 0.15) is 6.04 Å². The molecule has 60 valence electrons. The zero-order valence-corrected chi connectivity index (χ0v) is 6.11. The van der Waals surface area contributed by atoms with Crippen LogP contribution in [0.2, 0.25) is 0 Å². The van der Waals surface area contributed by atoms with Crippen molar-refractivity contribution in [1.82, 2.24) is 0 Å². The fourth-order valence-electron chi connectivity index (χ4n) is 0.561. The highest BCUT2D eigenvalue weighted by Crippen LogP contribution is 2.03. The van der Waals surface area contributed by atoms with Gasteiger partial charge in [0.15, 0.2) is 0 Å². The van der Waals surface area contributed by atoms with Gasteiger partial charge in [0, 0.05) is 0 Å². The Hall–Kier alpha value is -0.610. The van der Waals surface area contributed by atoms with Crippen molar-refractivity contribution in [3.8, 4) is 0 Å². The van der Waals surface area contributed by atoms with Gasteiger partial charge >= 0.3 is 5.97 Å². The van der Waals surface area contributed by atoms with Crippen LogP contribution in [-0.2, 0) is 4.79 Å². The molecule has 0 aliphatic heterocycles. The minimum absolute atomic E-state index is 0.119. The van der Waals surface area contributed by atoms with Crippen LogP contribution in [0.5, 0.6) is 0 Å². The lowest BCUT2D eigenvalue weighted by Crippen LogP contribution is -2.44. The molecule has 0 aromatic heterocycles. The van der Waals surface area contributed by atoms with Crippen LogP contribution in [0.25, 0.3) is 0 Å². The molecule has 4 nitrogen and oxygen atoms in total. The van der Waals surface area contributed by atoms with Gasteiger partial charge in [0.05, 0.1) is 6.10 Å².